The fourth-order valence-corrected chi connectivity index (χ4v) is 2.34. The van der Waals surface area contributed by atoms with Crippen LogP contribution in [0.25, 0.3) is 0 Å². The van der Waals surface area contributed by atoms with Gasteiger partial charge < -0.3 is 10.1 Å². The second-order valence-electron chi connectivity index (χ2n) is 3.96. The number of nitrogens with one attached hydrogen (secondary N) is 1. The number of carbonyl (C=O) groups is 1. The number of hydrogen-bond donors (Lipinski definition) is 1. The van der Waals surface area contributed by atoms with Crippen molar-refractivity contribution in [3.63, 3.8) is 0 Å². The smallest absolute Gasteiger partial charge is 0.255 e. The quantitative estimate of drug-likeness (QED) is 0.911. The van der Waals surface area contributed by atoms with E-state index in [2.05, 4.69) is 21.2 Å². The molecule has 2 rings (SSSR count). The van der Waals surface area contributed by atoms with Crippen molar-refractivity contribution >= 4 is 21.8 Å². The van der Waals surface area contributed by atoms with Crippen molar-refractivity contribution in [2.75, 3.05) is 13.2 Å². The van der Waals surface area contributed by atoms with Gasteiger partial charge in [-0.3, -0.25) is 4.79 Å². The molecule has 1 aromatic carbocycles. The van der Waals surface area contributed by atoms with Crippen molar-refractivity contribution in [3.05, 3.63) is 34.1 Å². The molecule has 1 saturated heterocycles. The maximum Gasteiger partial charge on any atom is 0.255 e. The minimum atomic E-state index is -0.510. The van der Waals surface area contributed by atoms with Crippen LogP contribution < -0.4 is 5.32 Å². The van der Waals surface area contributed by atoms with Gasteiger partial charge in [0.1, 0.15) is 5.82 Å². The molecule has 0 saturated carbocycles. The summed E-state index contributed by atoms with van der Waals surface area (Å²) in [6, 6.07) is 4.57. The van der Waals surface area contributed by atoms with Crippen molar-refractivity contribution in [2.24, 2.45) is 0 Å². The van der Waals surface area contributed by atoms with Crippen molar-refractivity contribution in [2.45, 2.75) is 18.9 Å². The van der Waals surface area contributed by atoms with E-state index in [1.807, 2.05) is 0 Å². The molecule has 3 nitrogen and oxygen atoms in total. The molecule has 1 N–H and O–H groups in total. The molecule has 17 heavy (non-hydrogen) atoms. The molecule has 1 aliphatic rings. The minimum Gasteiger partial charge on any atom is -0.381 e. The lowest BCUT2D eigenvalue weighted by molar-refractivity contribution is 0.0694. The average molecular weight is 302 g/mol. The highest BCUT2D eigenvalue weighted by Crippen LogP contribution is 2.20. The lowest BCUT2D eigenvalue weighted by atomic mass is 10.1. The summed E-state index contributed by atoms with van der Waals surface area (Å²) in [5.41, 5.74) is 0.0685. The Labute approximate surface area is 107 Å². The molecular formula is C12H13BrFNO2. The number of hydrogen-bond acceptors (Lipinski definition) is 2. The van der Waals surface area contributed by atoms with Crippen LogP contribution in [0.4, 0.5) is 4.39 Å². The topological polar surface area (TPSA) is 38.3 Å². The summed E-state index contributed by atoms with van der Waals surface area (Å²) in [6.07, 6.45) is 1.55. The van der Waals surface area contributed by atoms with Crippen molar-refractivity contribution in [1.29, 1.82) is 0 Å². The highest BCUT2D eigenvalue weighted by Gasteiger charge is 2.20. The summed E-state index contributed by atoms with van der Waals surface area (Å²) >= 11 is 3.19. The summed E-state index contributed by atoms with van der Waals surface area (Å²) in [6.45, 7) is 1.28. The van der Waals surface area contributed by atoms with Gasteiger partial charge >= 0.3 is 0 Å². The first-order valence-electron chi connectivity index (χ1n) is 5.51. The van der Waals surface area contributed by atoms with Gasteiger partial charge in [-0.2, -0.15) is 0 Å². The largest absolute Gasteiger partial charge is 0.381 e. The van der Waals surface area contributed by atoms with Gasteiger partial charge in [-0.25, -0.2) is 4.39 Å². The minimum absolute atomic E-state index is 0.0685. The number of carbonyl (C=O) groups excluding carboxylic acids is 1. The Hall–Kier alpha value is -0.940. The molecule has 1 fully saturated rings. The van der Waals surface area contributed by atoms with E-state index < -0.39 is 5.82 Å². The van der Waals surface area contributed by atoms with Crippen LogP contribution in [0.5, 0.6) is 0 Å². The van der Waals surface area contributed by atoms with Gasteiger partial charge in [0.05, 0.1) is 5.56 Å². The molecule has 1 amide bonds. The maximum absolute atomic E-state index is 13.5. The van der Waals surface area contributed by atoms with E-state index in [0.29, 0.717) is 17.7 Å². The van der Waals surface area contributed by atoms with Gasteiger partial charge in [-0.05, 0) is 40.9 Å². The van der Waals surface area contributed by atoms with Crippen LogP contribution in [-0.4, -0.2) is 25.2 Å². The first kappa shape index (κ1) is 12.5. The normalized spacial score (nSPS) is 16.8. The Morgan fingerprint density at radius 3 is 2.76 bits per heavy atom. The zero-order valence-corrected chi connectivity index (χ0v) is 10.8. The first-order valence-corrected chi connectivity index (χ1v) is 6.30. The van der Waals surface area contributed by atoms with E-state index in [4.69, 9.17) is 4.74 Å². The zero-order valence-electron chi connectivity index (χ0n) is 9.21. The molecular weight excluding hydrogens is 289 g/mol. The van der Waals surface area contributed by atoms with Gasteiger partial charge in [0.15, 0.2) is 0 Å². The van der Waals surface area contributed by atoms with E-state index in [0.717, 1.165) is 12.8 Å². The fourth-order valence-electron chi connectivity index (χ4n) is 1.81. The Bertz CT molecular complexity index is 399. The second-order valence-corrected chi connectivity index (χ2v) is 4.81. The zero-order chi connectivity index (χ0) is 12.3. The van der Waals surface area contributed by atoms with E-state index in [1.165, 1.54) is 6.07 Å². The predicted molar refractivity (Wildman–Crippen MR) is 65.4 cm³/mol. The van der Waals surface area contributed by atoms with Gasteiger partial charge in [-0.1, -0.05) is 6.07 Å². The Kier molecular flexibility index (Phi) is 4.12. The van der Waals surface area contributed by atoms with Gasteiger partial charge in [0, 0.05) is 23.7 Å². The lowest BCUT2D eigenvalue weighted by Gasteiger charge is -2.23. The van der Waals surface area contributed by atoms with Crippen LogP contribution in [0.1, 0.15) is 23.2 Å². The first-order chi connectivity index (χ1) is 8.18. The second kappa shape index (κ2) is 5.60. The Morgan fingerprint density at radius 1 is 1.41 bits per heavy atom. The third-order valence-electron chi connectivity index (χ3n) is 2.75. The Morgan fingerprint density at radius 2 is 2.12 bits per heavy atom. The average Bonchev–Trinajstić information content (AvgIpc) is 2.30. The maximum atomic E-state index is 13.5. The summed E-state index contributed by atoms with van der Waals surface area (Å²) in [5.74, 6) is -0.884. The molecule has 1 aliphatic heterocycles. The van der Waals surface area contributed by atoms with Gasteiger partial charge in [0.25, 0.3) is 5.91 Å². The highest BCUT2D eigenvalue weighted by molar-refractivity contribution is 9.10. The summed E-state index contributed by atoms with van der Waals surface area (Å²) < 4.78 is 19.2. The van der Waals surface area contributed by atoms with Gasteiger partial charge in [-0.15, -0.1) is 0 Å². The van der Waals surface area contributed by atoms with Crippen LogP contribution in [0.15, 0.2) is 22.7 Å². The van der Waals surface area contributed by atoms with Gasteiger partial charge in [0.2, 0.25) is 0 Å². The Balaban J connectivity index is 2.08. The van der Waals surface area contributed by atoms with Crippen molar-refractivity contribution in [1.82, 2.24) is 5.32 Å². The summed E-state index contributed by atoms with van der Waals surface area (Å²) in [4.78, 5) is 11.9. The molecule has 0 atom stereocenters. The molecule has 92 valence electrons. The van der Waals surface area contributed by atoms with Crippen molar-refractivity contribution < 1.29 is 13.9 Å². The molecule has 0 radical (unpaired) electrons. The highest BCUT2D eigenvalue weighted by atomic mass is 79.9. The number of benzene rings is 1. The third-order valence-corrected chi connectivity index (χ3v) is 3.41. The molecule has 5 heteroatoms. The SMILES string of the molecule is O=C(NC1CCOCC1)c1c(F)cccc1Br. The van der Waals surface area contributed by atoms with Crippen LogP contribution in [-0.2, 0) is 4.74 Å². The number of halogens is 2. The standard InChI is InChI=1S/C12H13BrFNO2/c13-9-2-1-3-10(14)11(9)12(16)15-8-4-6-17-7-5-8/h1-3,8H,4-7H2,(H,15,16). The van der Waals surface area contributed by atoms with Crippen LogP contribution >= 0.6 is 15.9 Å². The van der Waals surface area contributed by atoms with E-state index in [9.17, 15) is 9.18 Å². The summed E-state index contributed by atoms with van der Waals surface area (Å²) in [5, 5.41) is 2.83. The van der Waals surface area contributed by atoms with Crippen LogP contribution in [0, 0.1) is 5.82 Å². The van der Waals surface area contributed by atoms with Crippen LogP contribution in [0.2, 0.25) is 0 Å². The fraction of sp³-hybridized carbons (Fsp3) is 0.417. The van der Waals surface area contributed by atoms with E-state index >= 15 is 0 Å². The van der Waals surface area contributed by atoms with E-state index in [1.54, 1.807) is 12.1 Å². The van der Waals surface area contributed by atoms with Crippen LogP contribution in [0.3, 0.4) is 0 Å². The van der Waals surface area contributed by atoms with Crippen molar-refractivity contribution in [3.8, 4) is 0 Å². The molecule has 1 heterocycles. The molecule has 0 bridgehead atoms. The number of ether oxygens (including phenoxy) is 1. The molecule has 0 aromatic heterocycles. The lowest BCUT2D eigenvalue weighted by Crippen LogP contribution is -2.39. The predicted octanol–water partition coefficient (Wildman–Crippen LogP) is 2.50. The monoisotopic (exact) mass is 301 g/mol. The number of amides is 1. The number of rotatable bonds is 2. The molecule has 1 aromatic rings. The third kappa shape index (κ3) is 3.04. The van der Waals surface area contributed by atoms with E-state index in [-0.39, 0.29) is 17.5 Å². The summed E-state index contributed by atoms with van der Waals surface area (Å²) in [7, 11) is 0. The molecule has 0 aliphatic carbocycles. The molecule has 0 unspecified atom stereocenters. The molecule has 0 spiro atoms.